The lowest BCUT2D eigenvalue weighted by molar-refractivity contribution is -0.124. The lowest BCUT2D eigenvalue weighted by Gasteiger charge is -2.07. The average molecular weight is 285 g/mol. The number of amides is 2. The fraction of sp³-hybridized carbons (Fsp3) is 0.273. The number of benzene rings is 1. The summed E-state index contributed by atoms with van der Waals surface area (Å²) in [5.74, 6) is -1.33. The van der Waals surface area contributed by atoms with Gasteiger partial charge in [0.25, 0.3) is 0 Å². The summed E-state index contributed by atoms with van der Waals surface area (Å²) < 4.78 is 25.7. The molecular formula is C11H15N3O4S. The Labute approximate surface area is 111 Å². The molecule has 0 atom stereocenters. The standard InChI is InChI=1S/C11H15N3O4S/c1-8-2-4-9(5-3-8)19(17,18)14-7-11(16)13-6-10(12)15/h2-5,14H,6-7H2,1H3,(H2,12,15)(H,13,16). The van der Waals surface area contributed by atoms with E-state index in [2.05, 4.69) is 10.0 Å². The SMILES string of the molecule is Cc1ccc(S(=O)(=O)NCC(=O)NCC(N)=O)cc1. The van der Waals surface area contributed by atoms with E-state index in [0.29, 0.717) is 0 Å². The van der Waals surface area contributed by atoms with Gasteiger partial charge < -0.3 is 11.1 Å². The first kappa shape index (κ1) is 15.1. The molecule has 4 N–H and O–H groups in total. The topological polar surface area (TPSA) is 118 Å². The highest BCUT2D eigenvalue weighted by Gasteiger charge is 2.15. The normalized spacial score (nSPS) is 11.0. The van der Waals surface area contributed by atoms with Crippen molar-refractivity contribution in [3.8, 4) is 0 Å². The molecule has 0 bridgehead atoms. The minimum atomic E-state index is -3.74. The van der Waals surface area contributed by atoms with Crippen molar-refractivity contribution in [2.75, 3.05) is 13.1 Å². The zero-order chi connectivity index (χ0) is 14.5. The Kier molecular flexibility index (Phi) is 5.02. The Morgan fingerprint density at radius 1 is 1.16 bits per heavy atom. The Bertz CT molecular complexity index is 566. The Morgan fingerprint density at radius 2 is 1.74 bits per heavy atom. The van der Waals surface area contributed by atoms with Crippen molar-refractivity contribution in [2.24, 2.45) is 5.73 Å². The molecule has 7 nitrogen and oxygen atoms in total. The van der Waals surface area contributed by atoms with E-state index in [4.69, 9.17) is 5.73 Å². The van der Waals surface area contributed by atoms with E-state index < -0.39 is 28.4 Å². The summed E-state index contributed by atoms with van der Waals surface area (Å²) in [5, 5.41) is 2.17. The maximum atomic E-state index is 11.8. The molecule has 1 aromatic rings. The second-order valence-electron chi connectivity index (χ2n) is 3.88. The quantitative estimate of drug-likeness (QED) is 0.613. The smallest absolute Gasteiger partial charge is 0.241 e. The van der Waals surface area contributed by atoms with Crippen molar-refractivity contribution in [1.29, 1.82) is 0 Å². The van der Waals surface area contributed by atoms with Crippen LogP contribution < -0.4 is 15.8 Å². The largest absolute Gasteiger partial charge is 0.368 e. The van der Waals surface area contributed by atoms with Gasteiger partial charge in [0, 0.05) is 0 Å². The Morgan fingerprint density at radius 3 is 2.26 bits per heavy atom. The summed E-state index contributed by atoms with van der Waals surface area (Å²) in [4.78, 5) is 21.7. The first-order valence-electron chi connectivity index (χ1n) is 5.42. The minimum absolute atomic E-state index is 0.0702. The number of nitrogens with two attached hydrogens (primary N) is 1. The van der Waals surface area contributed by atoms with Crippen molar-refractivity contribution < 1.29 is 18.0 Å². The molecule has 0 unspecified atom stereocenters. The molecule has 0 aromatic heterocycles. The van der Waals surface area contributed by atoms with E-state index in [1.165, 1.54) is 12.1 Å². The number of carbonyl (C=O) groups excluding carboxylic acids is 2. The van der Waals surface area contributed by atoms with Gasteiger partial charge in [-0.15, -0.1) is 0 Å². The summed E-state index contributed by atoms with van der Waals surface area (Å²) in [6, 6.07) is 6.20. The third-order valence-electron chi connectivity index (χ3n) is 2.21. The number of primary amides is 1. The Balaban J connectivity index is 2.58. The fourth-order valence-electron chi connectivity index (χ4n) is 1.21. The van der Waals surface area contributed by atoms with Crippen LogP contribution in [0.5, 0.6) is 0 Å². The highest BCUT2D eigenvalue weighted by molar-refractivity contribution is 7.89. The number of sulfonamides is 1. The summed E-state index contributed by atoms with van der Waals surface area (Å²) in [5.41, 5.74) is 5.76. The van der Waals surface area contributed by atoms with Gasteiger partial charge in [0.05, 0.1) is 18.0 Å². The van der Waals surface area contributed by atoms with E-state index in [1.807, 2.05) is 6.92 Å². The summed E-state index contributed by atoms with van der Waals surface area (Å²) in [6.07, 6.45) is 0. The van der Waals surface area contributed by atoms with Gasteiger partial charge in [-0.25, -0.2) is 13.1 Å². The number of rotatable bonds is 6. The van der Waals surface area contributed by atoms with Gasteiger partial charge in [-0.1, -0.05) is 17.7 Å². The molecular weight excluding hydrogens is 270 g/mol. The van der Waals surface area contributed by atoms with Crippen molar-refractivity contribution in [3.05, 3.63) is 29.8 Å². The van der Waals surface area contributed by atoms with E-state index >= 15 is 0 Å². The van der Waals surface area contributed by atoms with Crippen molar-refractivity contribution >= 4 is 21.8 Å². The molecule has 8 heteroatoms. The number of carbonyl (C=O) groups is 2. The molecule has 19 heavy (non-hydrogen) atoms. The van der Waals surface area contributed by atoms with Gasteiger partial charge in [-0.2, -0.15) is 0 Å². The van der Waals surface area contributed by atoms with Crippen LogP contribution in [0.15, 0.2) is 29.2 Å². The molecule has 1 aromatic carbocycles. The zero-order valence-electron chi connectivity index (χ0n) is 10.3. The van der Waals surface area contributed by atoms with Crippen LogP contribution in [0.3, 0.4) is 0 Å². The van der Waals surface area contributed by atoms with Gasteiger partial charge in [0.2, 0.25) is 21.8 Å². The number of hydrogen-bond acceptors (Lipinski definition) is 4. The summed E-state index contributed by atoms with van der Waals surface area (Å²) in [7, 11) is -3.74. The fourth-order valence-corrected chi connectivity index (χ4v) is 2.19. The lowest BCUT2D eigenvalue weighted by atomic mass is 10.2. The van der Waals surface area contributed by atoms with E-state index in [1.54, 1.807) is 12.1 Å². The first-order valence-corrected chi connectivity index (χ1v) is 6.91. The van der Waals surface area contributed by atoms with Crippen molar-refractivity contribution in [2.45, 2.75) is 11.8 Å². The van der Waals surface area contributed by atoms with Gasteiger partial charge in [-0.05, 0) is 19.1 Å². The van der Waals surface area contributed by atoms with Crippen LogP contribution >= 0.6 is 0 Å². The molecule has 1 rings (SSSR count). The van der Waals surface area contributed by atoms with Gasteiger partial charge >= 0.3 is 0 Å². The van der Waals surface area contributed by atoms with E-state index in [0.717, 1.165) is 5.56 Å². The molecule has 0 heterocycles. The molecule has 0 fully saturated rings. The van der Waals surface area contributed by atoms with Crippen LogP contribution in [0, 0.1) is 6.92 Å². The summed E-state index contributed by atoms with van der Waals surface area (Å²) >= 11 is 0. The summed E-state index contributed by atoms with van der Waals surface area (Å²) in [6.45, 7) is 1.05. The molecule has 0 spiro atoms. The van der Waals surface area contributed by atoms with Crippen LogP contribution in [0.25, 0.3) is 0 Å². The van der Waals surface area contributed by atoms with Gasteiger partial charge in [0.1, 0.15) is 0 Å². The number of hydrogen-bond donors (Lipinski definition) is 3. The van der Waals surface area contributed by atoms with Crippen LogP contribution in [0.2, 0.25) is 0 Å². The Hall–Kier alpha value is -1.93. The highest BCUT2D eigenvalue weighted by atomic mass is 32.2. The third-order valence-corrected chi connectivity index (χ3v) is 3.63. The third kappa shape index (κ3) is 5.06. The number of nitrogens with one attached hydrogen (secondary N) is 2. The highest BCUT2D eigenvalue weighted by Crippen LogP contribution is 2.09. The maximum absolute atomic E-state index is 11.8. The van der Waals surface area contributed by atoms with Gasteiger partial charge in [-0.3, -0.25) is 9.59 Å². The van der Waals surface area contributed by atoms with Crippen LogP contribution in [0.4, 0.5) is 0 Å². The van der Waals surface area contributed by atoms with Crippen molar-refractivity contribution in [3.63, 3.8) is 0 Å². The zero-order valence-corrected chi connectivity index (χ0v) is 11.2. The lowest BCUT2D eigenvalue weighted by Crippen LogP contribution is -2.40. The molecule has 0 saturated heterocycles. The second kappa shape index (κ2) is 6.30. The minimum Gasteiger partial charge on any atom is -0.368 e. The predicted molar refractivity (Wildman–Crippen MR) is 68.6 cm³/mol. The van der Waals surface area contributed by atoms with Gasteiger partial charge in [0.15, 0.2) is 0 Å². The molecule has 2 amide bonds. The molecule has 0 saturated carbocycles. The van der Waals surface area contributed by atoms with Crippen LogP contribution in [-0.2, 0) is 19.6 Å². The second-order valence-corrected chi connectivity index (χ2v) is 5.65. The molecule has 104 valence electrons. The maximum Gasteiger partial charge on any atom is 0.241 e. The molecule has 0 aliphatic carbocycles. The molecule has 0 aliphatic rings. The molecule has 0 radical (unpaired) electrons. The van der Waals surface area contributed by atoms with E-state index in [-0.39, 0.29) is 11.4 Å². The monoisotopic (exact) mass is 285 g/mol. The van der Waals surface area contributed by atoms with Crippen LogP contribution in [0.1, 0.15) is 5.56 Å². The number of aryl methyl sites for hydroxylation is 1. The predicted octanol–water partition coefficient (Wildman–Crippen LogP) is -1.13. The average Bonchev–Trinajstić information content (AvgIpc) is 2.34. The first-order chi connectivity index (χ1) is 8.81. The van der Waals surface area contributed by atoms with E-state index in [9.17, 15) is 18.0 Å². The van der Waals surface area contributed by atoms with Crippen LogP contribution in [-0.4, -0.2) is 33.3 Å². The van der Waals surface area contributed by atoms with Crippen molar-refractivity contribution in [1.82, 2.24) is 10.0 Å². The molecule has 0 aliphatic heterocycles.